The molecule has 2 heterocycles. The van der Waals surface area contributed by atoms with Gasteiger partial charge in [0.15, 0.2) is 5.96 Å². The van der Waals surface area contributed by atoms with E-state index in [1.807, 2.05) is 31.3 Å². The van der Waals surface area contributed by atoms with Gasteiger partial charge in [-0.1, -0.05) is 6.42 Å². The molecular formula is C20H37IN6. The summed E-state index contributed by atoms with van der Waals surface area (Å²) < 4.78 is 0. The lowest BCUT2D eigenvalue weighted by Gasteiger charge is -2.33. The third kappa shape index (κ3) is 8.64. The summed E-state index contributed by atoms with van der Waals surface area (Å²) in [5.74, 6) is 1.86. The number of anilines is 1. The van der Waals surface area contributed by atoms with Crippen LogP contribution in [0.1, 0.15) is 45.1 Å². The molecule has 1 fully saturated rings. The number of nitrogens with zero attached hydrogens (tertiary/aromatic N) is 4. The number of piperidine rings is 1. The van der Waals surface area contributed by atoms with Gasteiger partial charge in [0, 0.05) is 46.0 Å². The SMILES string of the molecule is CCNC(=NCc1ccnc(N(C)C)c1)NCCCN1CCCCC1C.I. The first-order valence-corrected chi connectivity index (χ1v) is 9.98. The van der Waals surface area contributed by atoms with Crippen molar-refractivity contribution in [1.82, 2.24) is 20.5 Å². The average molecular weight is 488 g/mol. The Labute approximate surface area is 182 Å². The van der Waals surface area contributed by atoms with E-state index in [1.165, 1.54) is 37.9 Å². The number of aliphatic imine (C=N–C) groups is 1. The van der Waals surface area contributed by atoms with Gasteiger partial charge in [-0.3, -0.25) is 0 Å². The molecule has 154 valence electrons. The van der Waals surface area contributed by atoms with Gasteiger partial charge in [0.1, 0.15) is 5.82 Å². The zero-order valence-corrected chi connectivity index (χ0v) is 19.7. The summed E-state index contributed by atoms with van der Waals surface area (Å²) in [5, 5.41) is 6.81. The quantitative estimate of drug-likeness (QED) is 0.255. The van der Waals surface area contributed by atoms with Gasteiger partial charge in [-0.2, -0.15) is 0 Å². The van der Waals surface area contributed by atoms with Crippen molar-refractivity contribution in [2.75, 3.05) is 45.2 Å². The first-order chi connectivity index (χ1) is 12.6. The van der Waals surface area contributed by atoms with Crippen LogP contribution in [0.2, 0.25) is 0 Å². The van der Waals surface area contributed by atoms with Crippen LogP contribution >= 0.6 is 24.0 Å². The van der Waals surface area contributed by atoms with E-state index in [9.17, 15) is 0 Å². The van der Waals surface area contributed by atoms with Gasteiger partial charge in [0.2, 0.25) is 0 Å². The Balaban J connectivity index is 0.00000364. The summed E-state index contributed by atoms with van der Waals surface area (Å²) in [5.41, 5.74) is 1.17. The van der Waals surface area contributed by atoms with Crippen LogP contribution in [0.5, 0.6) is 0 Å². The smallest absolute Gasteiger partial charge is 0.191 e. The van der Waals surface area contributed by atoms with Crippen molar-refractivity contribution in [3.05, 3.63) is 23.9 Å². The van der Waals surface area contributed by atoms with E-state index < -0.39 is 0 Å². The number of halogens is 1. The van der Waals surface area contributed by atoms with Crippen LogP contribution in [0.3, 0.4) is 0 Å². The molecule has 1 aromatic rings. The highest BCUT2D eigenvalue weighted by Crippen LogP contribution is 2.16. The molecule has 1 aromatic heterocycles. The molecule has 2 rings (SSSR count). The number of nitrogens with one attached hydrogen (secondary N) is 2. The molecule has 0 saturated carbocycles. The fourth-order valence-electron chi connectivity index (χ4n) is 3.29. The molecule has 0 aliphatic carbocycles. The second kappa shape index (κ2) is 13.1. The van der Waals surface area contributed by atoms with E-state index in [2.05, 4.69) is 40.4 Å². The van der Waals surface area contributed by atoms with Gasteiger partial charge in [0.25, 0.3) is 0 Å². The minimum atomic E-state index is 0. The maximum Gasteiger partial charge on any atom is 0.191 e. The highest BCUT2D eigenvalue weighted by atomic mass is 127. The van der Waals surface area contributed by atoms with Crippen LogP contribution in [0.15, 0.2) is 23.3 Å². The maximum absolute atomic E-state index is 4.72. The number of aromatic nitrogens is 1. The second-order valence-corrected chi connectivity index (χ2v) is 7.27. The molecular weight excluding hydrogens is 451 g/mol. The van der Waals surface area contributed by atoms with E-state index >= 15 is 0 Å². The lowest BCUT2D eigenvalue weighted by atomic mass is 10.0. The number of guanidine groups is 1. The summed E-state index contributed by atoms with van der Waals surface area (Å²) >= 11 is 0. The largest absolute Gasteiger partial charge is 0.363 e. The number of hydrogen-bond donors (Lipinski definition) is 2. The normalized spacial score (nSPS) is 17.9. The van der Waals surface area contributed by atoms with Crippen molar-refractivity contribution >= 4 is 35.8 Å². The van der Waals surface area contributed by atoms with Crippen molar-refractivity contribution in [3.63, 3.8) is 0 Å². The molecule has 0 radical (unpaired) electrons. The molecule has 0 aromatic carbocycles. The third-order valence-electron chi connectivity index (χ3n) is 4.89. The Kier molecular flexibility index (Phi) is 11.7. The molecule has 1 saturated heterocycles. The zero-order chi connectivity index (χ0) is 18.8. The zero-order valence-electron chi connectivity index (χ0n) is 17.4. The van der Waals surface area contributed by atoms with Crippen LogP contribution in [-0.4, -0.2) is 62.2 Å². The monoisotopic (exact) mass is 488 g/mol. The predicted molar refractivity (Wildman–Crippen MR) is 126 cm³/mol. The molecule has 0 amide bonds. The van der Waals surface area contributed by atoms with Gasteiger partial charge < -0.3 is 20.4 Å². The van der Waals surface area contributed by atoms with Crippen LogP contribution in [-0.2, 0) is 6.54 Å². The summed E-state index contributed by atoms with van der Waals surface area (Å²) in [4.78, 5) is 13.7. The average Bonchev–Trinajstić information content (AvgIpc) is 2.64. The fraction of sp³-hybridized carbons (Fsp3) is 0.700. The molecule has 1 aliphatic rings. The van der Waals surface area contributed by atoms with Gasteiger partial charge in [-0.25, -0.2) is 9.98 Å². The minimum Gasteiger partial charge on any atom is -0.363 e. The Hall–Kier alpha value is -1.09. The van der Waals surface area contributed by atoms with E-state index in [-0.39, 0.29) is 24.0 Å². The van der Waals surface area contributed by atoms with E-state index in [0.29, 0.717) is 6.54 Å². The Morgan fingerprint density at radius 2 is 2.15 bits per heavy atom. The van der Waals surface area contributed by atoms with E-state index in [0.717, 1.165) is 37.3 Å². The third-order valence-corrected chi connectivity index (χ3v) is 4.89. The van der Waals surface area contributed by atoms with Crippen LogP contribution < -0.4 is 15.5 Å². The topological polar surface area (TPSA) is 55.8 Å². The van der Waals surface area contributed by atoms with E-state index in [1.54, 1.807) is 0 Å². The lowest BCUT2D eigenvalue weighted by molar-refractivity contribution is 0.159. The molecule has 1 unspecified atom stereocenters. The predicted octanol–water partition coefficient (Wildman–Crippen LogP) is 3.09. The van der Waals surface area contributed by atoms with Crippen molar-refractivity contribution in [1.29, 1.82) is 0 Å². The molecule has 2 N–H and O–H groups in total. The first-order valence-electron chi connectivity index (χ1n) is 9.98. The molecule has 1 atom stereocenters. The van der Waals surface area contributed by atoms with Crippen molar-refractivity contribution in [2.45, 2.75) is 52.1 Å². The molecule has 0 bridgehead atoms. The van der Waals surface area contributed by atoms with Gasteiger partial charge in [-0.05, 0) is 57.4 Å². The Morgan fingerprint density at radius 1 is 1.33 bits per heavy atom. The Morgan fingerprint density at radius 3 is 2.85 bits per heavy atom. The fourth-order valence-corrected chi connectivity index (χ4v) is 3.29. The standard InChI is InChI=1S/C20H36N6.HI/c1-5-21-20(23-11-8-14-26-13-7-6-9-17(26)2)24-16-18-10-12-22-19(15-18)25(3)4;/h10,12,15,17H,5-9,11,13-14,16H2,1-4H3,(H2,21,23,24);1H. The van der Waals surface area contributed by atoms with E-state index in [4.69, 9.17) is 4.99 Å². The van der Waals surface area contributed by atoms with Crippen LogP contribution in [0.25, 0.3) is 0 Å². The second-order valence-electron chi connectivity index (χ2n) is 7.27. The molecule has 7 heteroatoms. The summed E-state index contributed by atoms with van der Waals surface area (Å²) in [6, 6.07) is 4.85. The first kappa shape index (κ1) is 23.9. The lowest BCUT2D eigenvalue weighted by Crippen LogP contribution is -2.41. The Bertz CT molecular complexity index is 563. The van der Waals surface area contributed by atoms with Gasteiger partial charge >= 0.3 is 0 Å². The molecule has 0 spiro atoms. The highest BCUT2D eigenvalue weighted by molar-refractivity contribution is 14.0. The highest BCUT2D eigenvalue weighted by Gasteiger charge is 2.17. The summed E-state index contributed by atoms with van der Waals surface area (Å²) in [6.07, 6.45) is 7.08. The molecule has 1 aliphatic heterocycles. The van der Waals surface area contributed by atoms with Crippen molar-refractivity contribution in [2.24, 2.45) is 4.99 Å². The van der Waals surface area contributed by atoms with Crippen LogP contribution in [0.4, 0.5) is 5.82 Å². The minimum absolute atomic E-state index is 0. The van der Waals surface area contributed by atoms with Crippen molar-refractivity contribution < 1.29 is 0 Å². The number of rotatable bonds is 8. The number of hydrogen-bond acceptors (Lipinski definition) is 4. The van der Waals surface area contributed by atoms with Gasteiger partial charge in [-0.15, -0.1) is 24.0 Å². The maximum atomic E-state index is 4.72. The summed E-state index contributed by atoms with van der Waals surface area (Å²) in [6.45, 7) is 9.36. The van der Waals surface area contributed by atoms with Gasteiger partial charge in [0.05, 0.1) is 6.54 Å². The molecule has 6 nitrogen and oxygen atoms in total. The molecule has 27 heavy (non-hydrogen) atoms. The van der Waals surface area contributed by atoms with Crippen molar-refractivity contribution in [3.8, 4) is 0 Å². The summed E-state index contributed by atoms with van der Waals surface area (Å²) in [7, 11) is 4.01. The van der Waals surface area contributed by atoms with Crippen LogP contribution in [0, 0.1) is 0 Å². The number of pyridine rings is 1. The number of likely N-dealkylation sites (tertiary alicyclic amines) is 1.